The number of nitrogens with zero attached hydrogens (tertiary/aromatic N) is 2. The van der Waals surface area contributed by atoms with Crippen LogP contribution in [0.2, 0.25) is 0 Å². The van der Waals surface area contributed by atoms with Crippen molar-refractivity contribution in [1.29, 1.82) is 0 Å². The van der Waals surface area contributed by atoms with Gasteiger partial charge in [0.25, 0.3) is 5.91 Å². The van der Waals surface area contributed by atoms with E-state index in [9.17, 15) is 14.4 Å². The molecule has 0 unspecified atom stereocenters. The molecule has 2 saturated heterocycles. The molecule has 1 aromatic carbocycles. The van der Waals surface area contributed by atoms with E-state index in [1.165, 1.54) is 30.4 Å². The first kappa shape index (κ1) is 20.2. The molecular formula is C21H29N4O3+. The van der Waals surface area contributed by atoms with Gasteiger partial charge in [-0.1, -0.05) is 17.7 Å². The van der Waals surface area contributed by atoms with E-state index >= 15 is 0 Å². The number of anilines is 1. The number of quaternary nitrogens is 1. The van der Waals surface area contributed by atoms with Crippen LogP contribution in [0.5, 0.6) is 0 Å². The number of nitrogens with one attached hydrogen (secondary N) is 2. The van der Waals surface area contributed by atoms with Crippen LogP contribution in [0.25, 0.3) is 0 Å². The first-order valence-electron chi connectivity index (χ1n) is 9.98. The zero-order chi connectivity index (χ0) is 20.3. The molecule has 150 valence electrons. The van der Waals surface area contributed by atoms with Crippen LogP contribution in [0, 0.1) is 26.7 Å². The highest BCUT2D eigenvalue weighted by Crippen LogP contribution is 2.29. The van der Waals surface area contributed by atoms with E-state index in [0.29, 0.717) is 12.2 Å². The Balaban J connectivity index is 1.74. The smallest absolute Gasteiger partial charge is 0.333 e. The van der Waals surface area contributed by atoms with Crippen molar-refractivity contribution in [2.75, 3.05) is 31.1 Å². The third-order valence-electron chi connectivity index (χ3n) is 5.47. The van der Waals surface area contributed by atoms with Crippen molar-refractivity contribution in [2.45, 2.75) is 40.0 Å². The number of benzene rings is 1. The second-order valence-corrected chi connectivity index (χ2v) is 7.81. The third-order valence-corrected chi connectivity index (χ3v) is 5.47. The lowest BCUT2D eigenvalue weighted by Crippen LogP contribution is -3.13. The summed E-state index contributed by atoms with van der Waals surface area (Å²) < 4.78 is 0. The molecule has 2 fully saturated rings. The Morgan fingerprint density at radius 1 is 1.11 bits per heavy atom. The van der Waals surface area contributed by atoms with Crippen LogP contribution in [-0.2, 0) is 9.59 Å². The van der Waals surface area contributed by atoms with E-state index in [0.717, 1.165) is 41.2 Å². The molecule has 0 aliphatic carbocycles. The lowest BCUT2D eigenvalue weighted by atomic mass is 10.0. The van der Waals surface area contributed by atoms with E-state index in [-0.39, 0.29) is 0 Å². The molecule has 1 atom stereocenters. The molecule has 3 rings (SSSR count). The van der Waals surface area contributed by atoms with E-state index in [1.54, 1.807) is 0 Å². The van der Waals surface area contributed by atoms with E-state index in [4.69, 9.17) is 0 Å². The number of hydrogen-bond donors (Lipinski definition) is 2. The molecule has 2 heterocycles. The van der Waals surface area contributed by atoms with Crippen LogP contribution < -0.4 is 15.1 Å². The Hall–Kier alpha value is -2.54. The minimum Gasteiger partial charge on any atom is -0.333 e. The van der Waals surface area contributed by atoms with Gasteiger partial charge >= 0.3 is 6.03 Å². The first-order valence-corrected chi connectivity index (χ1v) is 9.98. The summed E-state index contributed by atoms with van der Waals surface area (Å²) >= 11 is 0. The summed E-state index contributed by atoms with van der Waals surface area (Å²) in [6.07, 6.45) is 5.19. The number of aryl methyl sites for hydroxylation is 3. The van der Waals surface area contributed by atoms with Gasteiger partial charge in [0, 0.05) is 6.21 Å². The van der Waals surface area contributed by atoms with Crippen LogP contribution in [0.3, 0.4) is 0 Å². The predicted molar refractivity (Wildman–Crippen MR) is 108 cm³/mol. The van der Waals surface area contributed by atoms with Crippen molar-refractivity contribution in [1.82, 2.24) is 5.32 Å². The molecule has 2 aliphatic rings. The van der Waals surface area contributed by atoms with E-state index < -0.39 is 23.8 Å². The molecule has 0 radical (unpaired) electrons. The van der Waals surface area contributed by atoms with Gasteiger partial charge in [0.2, 0.25) is 5.91 Å². The van der Waals surface area contributed by atoms with Crippen LogP contribution >= 0.6 is 0 Å². The maximum atomic E-state index is 13.0. The topological polar surface area (TPSA) is 83.3 Å². The number of barbiturate groups is 1. The van der Waals surface area contributed by atoms with Crippen molar-refractivity contribution < 1.29 is 19.3 Å². The molecule has 7 nitrogen and oxygen atoms in total. The maximum Gasteiger partial charge on any atom is 0.335 e. The highest BCUT2D eigenvalue weighted by atomic mass is 16.2. The minimum absolute atomic E-state index is 0.539. The Morgan fingerprint density at radius 2 is 1.75 bits per heavy atom. The molecule has 0 saturated carbocycles. The summed E-state index contributed by atoms with van der Waals surface area (Å²) in [5.41, 5.74) is 3.23. The number of piperidine rings is 1. The fourth-order valence-electron chi connectivity index (χ4n) is 4.16. The normalized spacial score (nSPS) is 21.5. The zero-order valence-corrected chi connectivity index (χ0v) is 16.9. The number of carbonyl (C=O) groups is 3. The lowest BCUT2D eigenvalue weighted by molar-refractivity contribution is -0.903. The summed E-state index contributed by atoms with van der Waals surface area (Å²) in [7, 11) is 0. The second kappa shape index (κ2) is 8.65. The van der Waals surface area contributed by atoms with E-state index in [2.05, 4.69) is 10.3 Å². The SMILES string of the molecule is Cc1cc(C)c(N2C(=O)NC(=O)[C@H](C=NCC[NH+]3CCCCC3)C2=O)c(C)c1. The number of imide groups is 2. The average molecular weight is 385 g/mol. The number of amides is 4. The Labute approximate surface area is 165 Å². The van der Waals surface area contributed by atoms with Gasteiger partial charge in [0.05, 0.1) is 31.9 Å². The summed E-state index contributed by atoms with van der Waals surface area (Å²) in [6, 6.07) is 3.14. The summed E-state index contributed by atoms with van der Waals surface area (Å²) in [5, 5.41) is 2.30. The molecule has 4 amide bonds. The van der Waals surface area contributed by atoms with Gasteiger partial charge in [0.1, 0.15) is 0 Å². The molecule has 28 heavy (non-hydrogen) atoms. The zero-order valence-electron chi connectivity index (χ0n) is 16.9. The summed E-state index contributed by atoms with van der Waals surface area (Å²) in [5.74, 6) is -2.23. The average Bonchev–Trinajstić information content (AvgIpc) is 2.63. The van der Waals surface area contributed by atoms with Crippen molar-refractivity contribution in [3.05, 3.63) is 28.8 Å². The van der Waals surface area contributed by atoms with Crippen LogP contribution in [0.1, 0.15) is 36.0 Å². The number of hydrogen-bond acceptors (Lipinski definition) is 4. The minimum atomic E-state index is -1.07. The maximum absolute atomic E-state index is 13.0. The largest absolute Gasteiger partial charge is 0.335 e. The van der Waals surface area contributed by atoms with Gasteiger partial charge in [-0.25, -0.2) is 9.69 Å². The second-order valence-electron chi connectivity index (χ2n) is 7.81. The number of urea groups is 1. The monoisotopic (exact) mass is 385 g/mol. The summed E-state index contributed by atoms with van der Waals surface area (Å²) in [4.78, 5) is 44.6. The number of rotatable bonds is 5. The van der Waals surface area contributed by atoms with E-state index in [1.807, 2.05) is 32.9 Å². The third kappa shape index (κ3) is 4.30. The quantitative estimate of drug-likeness (QED) is 0.585. The van der Waals surface area contributed by atoms with Crippen molar-refractivity contribution in [3.63, 3.8) is 0 Å². The van der Waals surface area contributed by atoms with Gasteiger partial charge in [-0.05, 0) is 51.2 Å². The fraction of sp³-hybridized carbons (Fsp3) is 0.524. The first-order chi connectivity index (χ1) is 13.4. The standard InChI is InChI=1S/C21H28N4O3/c1-14-11-15(2)18(16(3)12-14)25-20(27)17(19(26)23-21(25)28)13-22-7-10-24-8-5-4-6-9-24/h11-13,17H,4-10H2,1-3H3,(H,23,26,28)/p+1/t17-/m0/s1. The van der Waals surface area contributed by atoms with Crippen LogP contribution in [0.15, 0.2) is 17.1 Å². The van der Waals surface area contributed by atoms with Crippen molar-refractivity contribution in [2.24, 2.45) is 10.9 Å². The Kier molecular flexibility index (Phi) is 6.24. The van der Waals surface area contributed by atoms with Crippen LogP contribution in [0.4, 0.5) is 10.5 Å². The molecule has 1 aromatic rings. The molecule has 2 aliphatic heterocycles. The molecule has 0 aromatic heterocycles. The fourth-order valence-corrected chi connectivity index (χ4v) is 4.16. The highest BCUT2D eigenvalue weighted by Gasteiger charge is 2.41. The lowest BCUT2D eigenvalue weighted by Gasteiger charge is -2.30. The number of aliphatic imine (C=N–C) groups is 1. The van der Waals surface area contributed by atoms with Crippen LogP contribution in [-0.4, -0.2) is 50.2 Å². The van der Waals surface area contributed by atoms with Gasteiger partial charge in [-0.15, -0.1) is 0 Å². The van der Waals surface area contributed by atoms with Crippen molar-refractivity contribution >= 4 is 29.7 Å². The Morgan fingerprint density at radius 3 is 2.39 bits per heavy atom. The molecule has 0 bridgehead atoms. The number of carbonyl (C=O) groups excluding carboxylic acids is 3. The molecule has 2 N–H and O–H groups in total. The van der Waals surface area contributed by atoms with Gasteiger partial charge in [-0.3, -0.25) is 19.9 Å². The highest BCUT2D eigenvalue weighted by molar-refractivity contribution is 6.32. The van der Waals surface area contributed by atoms with Crippen molar-refractivity contribution in [3.8, 4) is 0 Å². The predicted octanol–water partition coefficient (Wildman–Crippen LogP) is 0.950. The molecular weight excluding hydrogens is 356 g/mol. The van der Waals surface area contributed by atoms with Gasteiger partial charge < -0.3 is 4.90 Å². The Bertz CT molecular complexity index is 789. The van der Waals surface area contributed by atoms with Gasteiger partial charge in [-0.2, -0.15) is 0 Å². The summed E-state index contributed by atoms with van der Waals surface area (Å²) in [6.45, 7) is 9.47. The number of likely N-dealkylation sites (tertiary alicyclic amines) is 1. The molecule has 7 heteroatoms. The van der Waals surface area contributed by atoms with Gasteiger partial charge in [0.15, 0.2) is 5.92 Å². The molecule has 0 spiro atoms.